The predicted octanol–water partition coefficient (Wildman–Crippen LogP) is 3.64. The van der Waals surface area contributed by atoms with Gasteiger partial charge in [0.05, 0.1) is 11.9 Å². The Hall–Kier alpha value is -2.91. The summed E-state index contributed by atoms with van der Waals surface area (Å²) in [6.45, 7) is 0. The molecule has 0 aliphatic rings. The highest BCUT2D eigenvalue weighted by molar-refractivity contribution is 9.10. The van der Waals surface area contributed by atoms with Gasteiger partial charge in [0.2, 0.25) is 0 Å². The minimum atomic E-state index is -0.455. The van der Waals surface area contributed by atoms with Gasteiger partial charge in [-0.3, -0.25) is 9.20 Å². The predicted molar refractivity (Wildman–Crippen MR) is 91.6 cm³/mol. The normalized spacial score (nSPS) is 11.2. The molecule has 5 nitrogen and oxygen atoms in total. The van der Waals surface area contributed by atoms with Crippen molar-refractivity contribution in [3.8, 4) is 6.07 Å². The highest BCUT2D eigenvalue weighted by Crippen LogP contribution is 2.16. The molecule has 0 unspecified atom stereocenters. The van der Waals surface area contributed by atoms with Gasteiger partial charge >= 0.3 is 0 Å². The van der Waals surface area contributed by atoms with Crippen LogP contribution in [0.3, 0.4) is 0 Å². The number of pyridine rings is 1. The lowest BCUT2D eigenvalue weighted by atomic mass is 10.2. The first-order valence-corrected chi connectivity index (χ1v) is 7.57. The molecule has 0 spiro atoms. The number of nitrogens with zero attached hydrogens (tertiary/aromatic N) is 3. The van der Waals surface area contributed by atoms with Crippen LogP contribution in [-0.2, 0) is 4.79 Å². The van der Waals surface area contributed by atoms with Crippen LogP contribution >= 0.6 is 15.9 Å². The Balaban J connectivity index is 1.93. The number of nitrogens with one attached hydrogen (secondary N) is 1. The van der Waals surface area contributed by atoms with Crippen molar-refractivity contribution in [2.45, 2.75) is 0 Å². The van der Waals surface area contributed by atoms with Gasteiger partial charge in [-0.2, -0.15) is 5.26 Å². The molecule has 0 aliphatic carbocycles. The van der Waals surface area contributed by atoms with Crippen LogP contribution in [-0.4, -0.2) is 15.3 Å². The van der Waals surface area contributed by atoms with Crippen LogP contribution in [0.1, 0.15) is 5.69 Å². The van der Waals surface area contributed by atoms with Crippen molar-refractivity contribution in [2.24, 2.45) is 0 Å². The number of carbonyl (C=O) groups is 1. The zero-order valence-corrected chi connectivity index (χ0v) is 13.5. The number of aromatic nitrogens is 2. The van der Waals surface area contributed by atoms with Gasteiger partial charge in [-0.05, 0) is 46.3 Å². The second-order valence-electron chi connectivity index (χ2n) is 4.75. The van der Waals surface area contributed by atoms with Crippen LogP contribution in [0, 0.1) is 11.3 Å². The summed E-state index contributed by atoms with van der Waals surface area (Å²) in [4.78, 5) is 16.5. The van der Waals surface area contributed by atoms with E-state index in [0.29, 0.717) is 11.4 Å². The second-order valence-corrected chi connectivity index (χ2v) is 5.66. The number of amides is 1. The highest BCUT2D eigenvalue weighted by Gasteiger charge is 2.11. The molecule has 2 aromatic heterocycles. The molecule has 3 aromatic rings. The number of hydrogen-bond acceptors (Lipinski definition) is 3. The average Bonchev–Trinajstić information content (AvgIpc) is 2.95. The third-order valence-electron chi connectivity index (χ3n) is 3.19. The molecule has 1 N–H and O–H groups in total. The van der Waals surface area contributed by atoms with Crippen molar-refractivity contribution in [3.63, 3.8) is 0 Å². The lowest BCUT2D eigenvalue weighted by Crippen LogP contribution is -2.13. The molecule has 0 radical (unpaired) electrons. The number of imidazole rings is 1. The molecule has 0 atom stereocenters. The van der Waals surface area contributed by atoms with Crippen LogP contribution < -0.4 is 5.32 Å². The number of anilines is 1. The zero-order chi connectivity index (χ0) is 16.2. The van der Waals surface area contributed by atoms with E-state index in [-0.39, 0.29) is 5.57 Å². The molecular formula is C17H11BrN4O. The summed E-state index contributed by atoms with van der Waals surface area (Å²) in [7, 11) is 0. The van der Waals surface area contributed by atoms with E-state index in [1.807, 2.05) is 42.6 Å². The maximum Gasteiger partial charge on any atom is 0.266 e. The lowest BCUT2D eigenvalue weighted by molar-refractivity contribution is -0.112. The van der Waals surface area contributed by atoms with Gasteiger partial charge in [-0.15, -0.1) is 0 Å². The van der Waals surface area contributed by atoms with E-state index in [1.165, 1.54) is 6.08 Å². The molecule has 0 bridgehead atoms. The van der Waals surface area contributed by atoms with E-state index in [2.05, 4.69) is 26.2 Å². The molecule has 2 heterocycles. The first kappa shape index (κ1) is 15.0. The molecule has 112 valence electrons. The number of fused-ring (bicyclic) bond motifs is 1. The number of hydrogen-bond donors (Lipinski definition) is 1. The van der Waals surface area contributed by atoms with Crippen molar-refractivity contribution in [1.82, 2.24) is 9.38 Å². The van der Waals surface area contributed by atoms with Crippen LogP contribution in [0.4, 0.5) is 5.69 Å². The Morgan fingerprint density at radius 3 is 2.78 bits per heavy atom. The van der Waals surface area contributed by atoms with Crippen molar-refractivity contribution in [3.05, 3.63) is 70.6 Å². The molecule has 0 fully saturated rings. The smallest absolute Gasteiger partial charge is 0.266 e. The topological polar surface area (TPSA) is 70.2 Å². The monoisotopic (exact) mass is 366 g/mol. The number of nitriles is 1. The second kappa shape index (κ2) is 6.46. The minimum absolute atomic E-state index is 0.00984. The van der Waals surface area contributed by atoms with Gasteiger partial charge in [-0.25, -0.2) is 4.98 Å². The van der Waals surface area contributed by atoms with Crippen LogP contribution in [0.25, 0.3) is 11.7 Å². The lowest BCUT2D eigenvalue weighted by Gasteiger charge is -2.04. The third-order valence-corrected chi connectivity index (χ3v) is 3.66. The Morgan fingerprint density at radius 2 is 2.04 bits per heavy atom. The van der Waals surface area contributed by atoms with Gasteiger partial charge in [0.15, 0.2) is 0 Å². The van der Waals surface area contributed by atoms with Gasteiger partial charge in [-0.1, -0.05) is 18.2 Å². The Bertz CT molecular complexity index is 938. The molecule has 0 aliphatic heterocycles. The summed E-state index contributed by atoms with van der Waals surface area (Å²) in [6.07, 6.45) is 4.97. The summed E-state index contributed by atoms with van der Waals surface area (Å²) >= 11 is 3.39. The maximum absolute atomic E-state index is 12.2. The van der Waals surface area contributed by atoms with Crippen molar-refractivity contribution in [1.29, 1.82) is 5.26 Å². The first-order valence-electron chi connectivity index (χ1n) is 6.78. The molecule has 3 rings (SSSR count). The number of rotatable bonds is 3. The summed E-state index contributed by atoms with van der Waals surface area (Å²) in [6, 6.07) is 14.7. The van der Waals surface area contributed by atoms with Crippen LogP contribution in [0.15, 0.2) is 64.9 Å². The van der Waals surface area contributed by atoms with Crippen molar-refractivity contribution in [2.75, 3.05) is 5.32 Å². The molecule has 1 amide bonds. The molecule has 1 aromatic carbocycles. The number of para-hydroxylation sites is 1. The van der Waals surface area contributed by atoms with Crippen LogP contribution in [0.2, 0.25) is 0 Å². The van der Waals surface area contributed by atoms with E-state index in [1.54, 1.807) is 22.7 Å². The SMILES string of the molecule is N#C/C(=C/c1cnc2ccc(Br)cn12)C(=O)Nc1ccccc1. The fourth-order valence-electron chi connectivity index (χ4n) is 2.10. The molecule has 23 heavy (non-hydrogen) atoms. The quantitative estimate of drug-likeness (QED) is 0.568. The van der Waals surface area contributed by atoms with Crippen molar-refractivity contribution >= 4 is 39.2 Å². The van der Waals surface area contributed by atoms with Gasteiger partial charge < -0.3 is 5.32 Å². The Labute approximate surface area is 141 Å². The van der Waals surface area contributed by atoms with E-state index in [9.17, 15) is 10.1 Å². The third kappa shape index (κ3) is 3.30. The fraction of sp³-hybridized carbons (Fsp3) is 0. The van der Waals surface area contributed by atoms with Crippen LogP contribution in [0.5, 0.6) is 0 Å². The number of halogens is 1. The Kier molecular flexibility index (Phi) is 4.22. The number of benzene rings is 1. The summed E-state index contributed by atoms with van der Waals surface area (Å²) in [5.41, 5.74) is 2.04. The maximum atomic E-state index is 12.2. The molecule has 6 heteroatoms. The molecule has 0 saturated carbocycles. The van der Waals surface area contributed by atoms with E-state index in [4.69, 9.17) is 0 Å². The standard InChI is InChI=1S/C17H11BrN4O/c18-13-6-7-16-20-10-15(22(16)11-13)8-12(9-19)17(23)21-14-4-2-1-3-5-14/h1-8,10-11H,(H,21,23)/b12-8-. The van der Waals surface area contributed by atoms with E-state index < -0.39 is 5.91 Å². The highest BCUT2D eigenvalue weighted by atomic mass is 79.9. The van der Waals surface area contributed by atoms with Gasteiger partial charge in [0.25, 0.3) is 5.91 Å². The Morgan fingerprint density at radius 1 is 1.26 bits per heavy atom. The van der Waals surface area contributed by atoms with Gasteiger partial charge in [0, 0.05) is 16.4 Å². The summed E-state index contributed by atoms with van der Waals surface area (Å²) < 4.78 is 2.68. The summed E-state index contributed by atoms with van der Waals surface area (Å²) in [5.74, 6) is -0.455. The largest absolute Gasteiger partial charge is 0.321 e. The van der Waals surface area contributed by atoms with E-state index in [0.717, 1.165) is 10.1 Å². The number of carbonyl (C=O) groups excluding carboxylic acids is 1. The average molecular weight is 367 g/mol. The summed E-state index contributed by atoms with van der Waals surface area (Å²) in [5, 5.41) is 12.0. The van der Waals surface area contributed by atoms with E-state index >= 15 is 0 Å². The first-order chi connectivity index (χ1) is 11.2. The van der Waals surface area contributed by atoms with Gasteiger partial charge in [0.1, 0.15) is 17.3 Å². The fourth-order valence-corrected chi connectivity index (χ4v) is 2.43. The zero-order valence-electron chi connectivity index (χ0n) is 11.9. The molecular weight excluding hydrogens is 356 g/mol. The molecule has 0 saturated heterocycles. The van der Waals surface area contributed by atoms with Crippen molar-refractivity contribution < 1.29 is 4.79 Å². The minimum Gasteiger partial charge on any atom is -0.321 e.